The maximum absolute atomic E-state index is 11.3. The Balaban J connectivity index is 0.00000144. The van der Waals surface area contributed by atoms with Crippen LogP contribution in [0.5, 0.6) is 0 Å². The average molecular weight is 295 g/mol. The standard InChI is InChI=1S/C9H11ClN4OS.ClH/c10-7(15)6(8-13-9(11)16-14-8)12-5-3-1-2-4-5;/h5H,1-4H2,(H2,11,13,14);1H. The molecule has 1 aliphatic carbocycles. The number of nitrogen functional groups attached to an aromatic ring is 1. The summed E-state index contributed by atoms with van der Waals surface area (Å²) in [6.07, 6.45) is 4.27. The summed E-state index contributed by atoms with van der Waals surface area (Å²) in [4.78, 5) is 19.5. The first-order valence-electron chi connectivity index (χ1n) is 5.04. The van der Waals surface area contributed by atoms with Crippen LogP contribution in [0.1, 0.15) is 31.5 Å². The number of nitrogens with two attached hydrogens (primary N) is 1. The molecule has 0 atom stereocenters. The van der Waals surface area contributed by atoms with Crippen molar-refractivity contribution < 1.29 is 4.79 Å². The number of carbonyl (C=O) groups excluding carboxylic acids is 1. The molecule has 1 aliphatic rings. The molecule has 2 N–H and O–H groups in total. The van der Waals surface area contributed by atoms with Crippen LogP contribution in [0, 0.1) is 0 Å². The Morgan fingerprint density at radius 3 is 2.59 bits per heavy atom. The predicted molar refractivity (Wildman–Crippen MR) is 71.2 cm³/mol. The Morgan fingerprint density at radius 1 is 1.47 bits per heavy atom. The van der Waals surface area contributed by atoms with Gasteiger partial charge in [-0.25, -0.2) is 0 Å². The van der Waals surface area contributed by atoms with Crippen molar-refractivity contribution in [3.63, 3.8) is 0 Å². The molecule has 8 heteroatoms. The van der Waals surface area contributed by atoms with E-state index in [0.717, 1.165) is 37.2 Å². The van der Waals surface area contributed by atoms with Crippen LogP contribution >= 0.6 is 35.5 Å². The lowest BCUT2D eigenvalue weighted by molar-refractivity contribution is -0.106. The quantitative estimate of drug-likeness (QED) is 0.683. The van der Waals surface area contributed by atoms with Crippen molar-refractivity contribution in [1.82, 2.24) is 9.36 Å². The monoisotopic (exact) mass is 294 g/mol. The number of hydrogen-bond donors (Lipinski definition) is 1. The van der Waals surface area contributed by atoms with E-state index in [1.807, 2.05) is 0 Å². The molecule has 1 aromatic heterocycles. The van der Waals surface area contributed by atoms with Crippen LogP contribution < -0.4 is 5.73 Å². The van der Waals surface area contributed by atoms with E-state index in [4.69, 9.17) is 17.3 Å². The van der Waals surface area contributed by atoms with Crippen LogP contribution in [0.25, 0.3) is 0 Å². The Kier molecular flexibility index (Phi) is 5.30. The molecule has 1 saturated carbocycles. The minimum Gasteiger partial charge on any atom is -0.374 e. The van der Waals surface area contributed by atoms with Gasteiger partial charge in [-0.05, 0) is 24.4 Å². The summed E-state index contributed by atoms with van der Waals surface area (Å²) in [5.41, 5.74) is 5.60. The maximum atomic E-state index is 11.3. The van der Waals surface area contributed by atoms with Gasteiger partial charge in [-0.15, -0.1) is 12.4 Å². The van der Waals surface area contributed by atoms with Gasteiger partial charge in [-0.1, -0.05) is 12.8 Å². The number of nitrogens with zero attached hydrogens (tertiary/aromatic N) is 3. The fourth-order valence-corrected chi connectivity index (χ4v) is 2.31. The van der Waals surface area contributed by atoms with Crippen molar-refractivity contribution in [3.8, 4) is 0 Å². The lowest BCUT2D eigenvalue weighted by Crippen LogP contribution is -2.15. The molecular formula is C9H12Cl2N4OS. The number of carbonyl (C=O) groups is 1. The fourth-order valence-electron chi connectivity index (χ4n) is 1.74. The van der Waals surface area contributed by atoms with E-state index in [9.17, 15) is 4.79 Å². The molecule has 0 amide bonds. The summed E-state index contributed by atoms with van der Waals surface area (Å²) in [6.45, 7) is 0. The van der Waals surface area contributed by atoms with Crippen LogP contribution in [0.3, 0.4) is 0 Å². The van der Waals surface area contributed by atoms with Gasteiger partial charge in [0.1, 0.15) is 0 Å². The first-order valence-corrected chi connectivity index (χ1v) is 6.19. The molecule has 0 unspecified atom stereocenters. The zero-order chi connectivity index (χ0) is 11.5. The van der Waals surface area contributed by atoms with Gasteiger partial charge >= 0.3 is 0 Å². The molecule has 17 heavy (non-hydrogen) atoms. The average Bonchev–Trinajstić information content (AvgIpc) is 2.84. The third kappa shape index (κ3) is 3.62. The molecule has 0 spiro atoms. The third-order valence-electron chi connectivity index (χ3n) is 2.48. The minimum absolute atomic E-state index is 0. The molecule has 1 aromatic rings. The van der Waals surface area contributed by atoms with Crippen LogP contribution in [0.4, 0.5) is 5.13 Å². The highest BCUT2D eigenvalue weighted by atomic mass is 35.5. The third-order valence-corrected chi connectivity index (χ3v) is 3.20. The molecule has 1 fully saturated rings. The van der Waals surface area contributed by atoms with Gasteiger partial charge < -0.3 is 5.73 Å². The van der Waals surface area contributed by atoms with Crippen molar-refractivity contribution in [2.45, 2.75) is 31.7 Å². The second kappa shape index (κ2) is 6.28. The highest BCUT2D eigenvalue weighted by Gasteiger charge is 2.21. The molecule has 1 heterocycles. The van der Waals surface area contributed by atoms with Crippen LogP contribution in [0.15, 0.2) is 4.99 Å². The summed E-state index contributed by atoms with van der Waals surface area (Å²) in [6, 6.07) is 0.169. The smallest absolute Gasteiger partial charge is 0.274 e. The molecule has 0 aromatic carbocycles. The first kappa shape index (κ1) is 14.3. The number of rotatable bonds is 3. The van der Waals surface area contributed by atoms with Crippen molar-refractivity contribution >= 4 is 51.6 Å². The summed E-state index contributed by atoms with van der Waals surface area (Å²) < 4.78 is 3.95. The second-order valence-corrected chi connectivity index (χ2v) is 4.77. The highest BCUT2D eigenvalue weighted by molar-refractivity contribution is 7.09. The lowest BCUT2D eigenvalue weighted by Gasteiger charge is -2.03. The molecule has 0 bridgehead atoms. The SMILES string of the molecule is Cl.Nc1nc(C(=NC2CCCC2)C(=O)Cl)ns1. The highest BCUT2D eigenvalue weighted by Crippen LogP contribution is 2.22. The molecular weight excluding hydrogens is 283 g/mol. The first-order chi connectivity index (χ1) is 7.66. The summed E-state index contributed by atoms with van der Waals surface area (Å²) in [5, 5.41) is -0.309. The summed E-state index contributed by atoms with van der Waals surface area (Å²) in [5.74, 6) is 0.245. The number of aromatic nitrogens is 2. The van der Waals surface area contributed by atoms with Crippen molar-refractivity contribution in [2.75, 3.05) is 5.73 Å². The van der Waals surface area contributed by atoms with E-state index < -0.39 is 5.24 Å². The number of hydrogen-bond acceptors (Lipinski definition) is 6. The van der Waals surface area contributed by atoms with Gasteiger partial charge in [0.25, 0.3) is 5.24 Å². The van der Waals surface area contributed by atoms with Crippen LogP contribution in [-0.2, 0) is 4.79 Å². The Bertz CT molecular complexity index is 428. The van der Waals surface area contributed by atoms with Gasteiger partial charge in [0.2, 0.25) is 0 Å². The second-order valence-electron chi connectivity index (χ2n) is 3.65. The summed E-state index contributed by atoms with van der Waals surface area (Å²) in [7, 11) is 0. The van der Waals surface area contributed by atoms with Gasteiger partial charge in [0.05, 0.1) is 6.04 Å². The molecule has 5 nitrogen and oxygen atoms in total. The van der Waals surface area contributed by atoms with E-state index in [2.05, 4.69) is 14.3 Å². The van der Waals surface area contributed by atoms with E-state index in [1.54, 1.807) is 0 Å². The van der Waals surface area contributed by atoms with Gasteiger partial charge in [0, 0.05) is 11.5 Å². The molecule has 0 saturated heterocycles. The Hall–Kier alpha value is -0.720. The van der Waals surface area contributed by atoms with Crippen molar-refractivity contribution in [2.24, 2.45) is 4.99 Å². The predicted octanol–water partition coefficient (Wildman–Crippen LogP) is 2.04. The van der Waals surface area contributed by atoms with Crippen molar-refractivity contribution in [1.29, 1.82) is 0 Å². The van der Waals surface area contributed by atoms with Crippen molar-refractivity contribution in [3.05, 3.63) is 5.82 Å². The zero-order valence-corrected chi connectivity index (χ0v) is 11.3. The van der Waals surface area contributed by atoms with Gasteiger partial charge in [0.15, 0.2) is 16.7 Å². The van der Waals surface area contributed by atoms with E-state index in [0.29, 0.717) is 5.13 Å². The van der Waals surface area contributed by atoms with E-state index in [1.165, 1.54) is 0 Å². The van der Waals surface area contributed by atoms with Gasteiger partial charge in [-0.2, -0.15) is 9.36 Å². The number of anilines is 1. The largest absolute Gasteiger partial charge is 0.374 e. The molecule has 0 aliphatic heterocycles. The number of aliphatic imine (C=N–C) groups is 1. The van der Waals surface area contributed by atoms with Gasteiger partial charge in [-0.3, -0.25) is 9.79 Å². The topological polar surface area (TPSA) is 81.2 Å². The minimum atomic E-state index is -0.621. The maximum Gasteiger partial charge on any atom is 0.274 e. The normalized spacial score (nSPS) is 16.9. The number of halogens is 2. The fraction of sp³-hybridized carbons (Fsp3) is 0.556. The van der Waals surface area contributed by atoms with E-state index in [-0.39, 0.29) is 30.0 Å². The van der Waals surface area contributed by atoms with E-state index >= 15 is 0 Å². The van der Waals surface area contributed by atoms with Crippen LogP contribution in [-0.4, -0.2) is 26.4 Å². The Morgan fingerprint density at radius 2 is 2.12 bits per heavy atom. The molecule has 0 radical (unpaired) electrons. The van der Waals surface area contributed by atoms with Crippen LogP contribution in [0.2, 0.25) is 0 Å². The molecule has 2 rings (SSSR count). The summed E-state index contributed by atoms with van der Waals surface area (Å²) >= 11 is 6.51. The lowest BCUT2D eigenvalue weighted by atomic mass is 10.2. The zero-order valence-electron chi connectivity index (χ0n) is 8.93. The Labute approximate surface area is 114 Å². The molecule has 94 valence electrons.